The van der Waals surface area contributed by atoms with E-state index >= 15 is 0 Å². The van der Waals surface area contributed by atoms with Crippen LogP contribution in [0.4, 0.5) is 5.82 Å². The SMILES string of the molecule is O=C(Cc1cccs1)N1CCN(c2ncnc3c(-c4ccc(Cl)cc4)nsc23)CC1. The number of anilines is 1. The lowest BCUT2D eigenvalue weighted by Crippen LogP contribution is -2.49. The molecule has 0 radical (unpaired) electrons. The molecule has 1 amide bonds. The van der Waals surface area contributed by atoms with Crippen LogP contribution in [0.5, 0.6) is 0 Å². The molecule has 9 heteroatoms. The Morgan fingerprint density at radius 3 is 2.60 bits per heavy atom. The van der Waals surface area contributed by atoms with E-state index < -0.39 is 0 Å². The first-order valence-corrected chi connectivity index (χ1v) is 11.6. The Morgan fingerprint density at radius 2 is 1.87 bits per heavy atom. The number of amides is 1. The van der Waals surface area contributed by atoms with Crippen molar-refractivity contribution in [2.75, 3.05) is 31.1 Å². The topological polar surface area (TPSA) is 62.2 Å². The van der Waals surface area contributed by atoms with Crippen molar-refractivity contribution in [2.45, 2.75) is 6.42 Å². The molecule has 0 unspecified atom stereocenters. The van der Waals surface area contributed by atoms with Gasteiger partial charge in [0.2, 0.25) is 5.91 Å². The van der Waals surface area contributed by atoms with Gasteiger partial charge in [0, 0.05) is 41.6 Å². The molecule has 0 spiro atoms. The molecule has 1 aliphatic rings. The normalized spacial score (nSPS) is 14.4. The van der Waals surface area contributed by atoms with Crippen LogP contribution in [0.25, 0.3) is 21.5 Å². The molecule has 0 N–H and O–H groups in total. The molecule has 0 aliphatic carbocycles. The monoisotopic (exact) mass is 455 g/mol. The largest absolute Gasteiger partial charge is 0.352 e. The zero-order valence-electron chi connectivity index (χ0n) is 16.0. The Bertz CT molecular complexity index is 1170. The average Bonchev–Trinajstić information content (AvgIpc) is 3.44. The Labute approximate surface area is 186 Å². The first-order valence-electron chi connectivity index (χ1n) is 9.60. The van der Waals surface area contributed by atoms with Gasteiger partial charge in [0.15, 0.2) is 5.82 Å². The van der Waals surface area contributed by atoms with Crippen LogP contribution >= 0.6 is 34.5 Å². The van der Waals surface area contributed by atoms with E-state index in [9.17, 15) is 4.79 Å². The minimum atomic E-state index is 0.188. The van der Waals surface area contributed by atoms with Crippen LogP contribution in [0.15, 0.2) is 48.1 Å². The number of hydrogen-bond acceptors (Lipinski definition) is 7. The summed E-state index contributed by atoms with van der Waals surface area (Å²) in [7, 11) is 0. The number of carbonyl (C=O) groups excluding carboxylic acids is 1. The lowest BCUT2D eigenvalue weighted by atomic mass is 10.1. The fourth-order valence-corrected chi connectivity index (χ4v) is 5.31. The Balaban J connectivity index is 1.33. The molecule has 152 valence electrons. The highest BCUT2D eigenvalue weighted by atomic mass is 35.5. The molecule has 30 heavy (non-hydrogen) atoms. The number of benzene rings is 1. The van der Waals surface area contributed by atoms with Crippen molar-refractivity contribution in [1.29, 1.82) is 0 Å². The molecule has 1 saturated heterocycles. The average molecular weight is 456 g/mol. The molecular weight excluding hydrogens is 438 g/mol. The van der Waals surface area contributed by atoms with Crippen LogP contribution < -0.4 is 4.90 Å². The molecule has 1 fully saturated rings. The summed E-state index contributed by atoms with van der Waals surface area (Å²) in [4.78, 5) is 26.9. The van der Waals surface area contributed by atoms with Crippen molar-refractivity contribution >= 4 is 56.4 Å². The van der Waals surface area contributed by atoms with Gasteiger partial charge < -0.3 is 9.80 Å². The molecule has 4 aromatic rings. The summed E-state index contributed by atoms with van der Waals surface area (Å²) in [5.74, 6) is 1.08. The van der Waals surface area contributed by atoms with E-state index in [4.69, 9.17) is 11.6 Å². The number of fused-ring (bicyclic) bond motifs is 1. The van der Waals surface area contributed by atoms with Gasteiger partial charge >= 0.3 is 0 Å². The molecule has 0 saturated carbocycles. The first-order chi connectivity index (χ1) is 14.7. The zero-order chi connectivity index (χ0) is 20.5. The molecule has 5 rings (SSSR count). The third kappa shape index (κ3) is 3.78. The summed E-state index contributed by atoms with van der Waals surface area (Å²) in [6, 6.07) is 11.6. The summed E-state index contributed by atoms with van der Waals surface area (Å²) in [6.45, 7) is 2.88. The zero-order valence-corrected chi connectivity index (χ0v) is 18.4. The third-order valence-electron chi connectivity index (χ3n) is 5.19. The standard InChI is InChI=1S/C21H18ClN5OS2/c22-15-5-3-14(4-6-15)18-19-20(30-25-18)21(24-13-23-19)27-9-7-26(8-10-27)17(28)12-16-2-1-11-29-16/h1-6,11,13H,7-10,12H2. The van der Waals surface area contributed by atoms with E-state index in [1.54, 1.807) is 17.7 Å². The summed E-state index contributed by atoms with van der Waals surface area (Å²) in [6.07, 6.45) is 2.08. The van der Waals surface area contributed by atoms with Crippen LogP contribution in [0.2, 0.25) is 5.02 Å². The molecule has 1 aromatic carbocycles. The second kappa shape index (κ2) is 8.29. The summed E-state index contributed by atoms with van der Waals surface area (Å²) in [5.41, 5.74) is 2.68. The molecule has 1 aliphatic heterocycles. The lowest BCUT2D eigenvalue weighted by molar-refractivity contribution is -0.130. The van der Waals surface area contributed by atoms with Crippen molar-refractivity contribution in [3.05, 3.63) is 58.0 Å². The lowest BCUT2D eigenvalue weighted by Gasteiger charge is -2.35. The highest BCUT2D eigenvalue weighted by Gasteiger charge is 2.25. The van der Waals surface area contributed by atoms with E-state index in [1.165, 1.54) is 11.5 Å². The summed E-state index contributed by atoms with van der Waals surface area (Å²) < 4.78 is 5.61. The fraction of sp³-hybridized carbons (Fsp3) is 0.238. The van der Waals surface area contributed by atoms with Crippen molar-refractivity contribution < 1.29 is 4.79 Å². The Hall–Kier alpha value is -2.55. The van der Waals surface area contributed by atoms with Crippen LogP contribution in [0.3, 0.4) is 0 Å². The third-order valence-corrected chi connectivity index (χ3v) is 7.15. The Kier molecular flexibility index (Phi) is 5.37. The maximum atomic E-state index is 12.6. The van der Waals surface area contributed by atoms with Crippen molar-refractivity contribution in [1.82, 2.24) is 19.2 Å². The number of thiophene rings is 1. The summed E-state index contributed by atoms with van der Waals surface area (Å²) >= 11 is 9.06. The van der Waals surface area contributed by atoms with Gasteiger partial charge in [-0.25, -0.2) is 9.97 Å². The van der Waals surface area contributed by atoms with Gasteiger partial charge in [-0.15, -0.1) is 11.3 Å². The van der Waals surface area contributed by atoms with Crippen LogP contribution in [-0.2, 0) is 11.2 Å². The van der Waals surface area contributed by atoms with E-state index in [-0.39, 0.29) is 5.91 Å². The van der Waals surface area contributed by atoms with E-state index in [0.717, 1.165) is 45.3 Å². The van der Waals surface area contributed by atoms with Crippen molar-refractivity contribution in [3.8, 4) is 11.3 Å². The number of carbonyl (C=O) groups is 1. The number of hydrogen-bond donors (Lipinski definition) is 0. The summed E-state index contributed by atoms with van der Waals surface area (Å²) in [5, 5.41) is 2.70. The minimum absolute atomic E-state index is 0.188. The fourth-order valence-electron chi connectivity index (χ4n) is 3.62. The molecular formula is C21H18ClN5OS2. The van der Waals surface area contributed by atoms with Crippen molar-refractivity contribution in [3.63, 3.8) is 0 Å². The predicted molar refractivity (Wildman–Crippen MR) is 122 cm³/mol. The van der Waals surface area contributed by atoms with E-state index in [0.29, 0.717) is 24.5 Å². The maximum Gasteiger partial charge on any atom is 0.227 e. The second-order valence-corrected chi connectivity index (χ2v) is 9.28. The molecule has 0 bridgehead atoms. The number of rotatable bonds is 4. The molecule has 6 nitrogen and oxygen atoms in total. The number of halogens is 1. The molecule has 3 aromatic heterocycles. The highest BCUT2D eigenvalue weighted by Crippen LogP contribution is 2.34. The molecule has 4 heterocycles. The molecule has 0 atom stereocenters. The van der Waals surface area contributed by atoms with Gasteiger partial charge in [-0.2, -0.15) is 4.37 Å². The van der Waals surface area contributed by atoms with Gasteiger partial charge in [0.25, 0.3) is 0 Å². The second-order valence-electron chi connectivity index (χ2n) is 7.04. The van der Waals surface area contributed by atoms with E-state index in [1.807, 2.05) is 46.7 Å². The van der Waals surface area contributed by atoms with Crippen LogP contribution in [0, 0.1) is 0 Å². The first kappa shape index (κ1) is 19.4. The number of piperazine rings is 1. The maximum absolute atomic E-state index is 12.6. The van der Waals surface area contributed by atoms with Gasteiger partial charge in [0.1, 0.15) is 22.2 Å². The minimum Gasteiger partial charge on any atom is -0.352 e. The van der Waals surface area contributed by atoms with Gasteiger partial charge in [-0.1, -0.05) is 29.8 Å². The van der Waals surface area contributed by atoms with E-state index in [2.05, 4.69) is 19.2 Å². The van der Waals surface area contributed by atoms with Gasteiger partial charge in [-0.05, 0) is 35.1 Å². The predicted octanol–water partition coefficient (Wildman–Crippen LogP) is 4.36. The van der Waals surface area contributed by atoms with Gasteiger partial charge in [0.05, 0.1) is 6.42 Å². The number of nitrogens with zero attached hydrogens (tertiary/aromatic N) is 5. The highest BCUT2D eigenvalue weighted by molar-refractivity contribution is 7.14. The number of aromatic nitrogens is 3. The Morgan fingerprint density at radius 1 is 1.07 bits per heavy atom. The van der Waals surface area contributed by atoms with Crippen LogP contribution in [0.1, 0.15) is 4.88 Å². The quantitative estimate of drug-likeness (QED) is 0.457. The van der Waals surface area contributed by atoms with Gasteiger partial charge in [-0.3, -0.25) is 4.79 Å². The van der Waals surface area contributed by atoms with Crippen molar-refractivity contribution in [2.24, 2.45) is 0 Å². The van der Waals surface area contributed by atoms with Crippen LogP contribution in [-0.4, -0.2) is 51.3 Å². The smallest absolute Gasteiger partial charge is 0.227 e.